The molecule has 15 heavy (non-hydrogen) atoms. The summed E-state index contributed by atoms with van der Waals surface area (Å²) < 4.78 is 1.02. The largest absolute Gasteiger partial charge is 0.350 e. The molecule has 0 spiro atoms. The molecule has 0 fully saturated rings. The van der Waals surface area contributed by atoms with Gasteiger partial charge in [-0.05, 0) is 18.6 Å². The molecule has 1 aromatic carbocycles. The Hall–Kier alpha value is -0.350. The van der Waals surface area contributed by atoms with Gasteiger partial charge in [-0.2, -0.15) is 0 Å². The second-order valence-electron chi connectivity index (χ2n) is 3.25. The normalized spacial score (nSPS) is 12.2. The summed E-state index contributed by atoms with van der Waals surface area (Å²) in [4.78, 5) is 11.4. The Balaban J connectivity index is 2.65. The Morgan fingerprint density at radius 1 is 1.47 bits per heavy atom. The number of hydrogen-bond donors (Lipinski definition) is 1. The van der Waals surface area contributed by atoms with E-state index in [-0.39, 0.29) is 11.9 Å². The predicted molar refractivity (Wildman–Crippen MR) is 69.1 cm³/mol. The second kappa shape index (κ2) is 6.28. The lowest BCUT2D eigenvalue weighted by atomic mass is 10.1. The molecule has 1 atom stereocenters. The molecule has 0 aliphatic heterocycles. The lowest BCUT2D eigenvalue weighted by Gasteiger charge is -2.15. The number of carbonyl (C=O) groups excluding carboxylic acids is 1. The quantitative estimate of drug-likeness (QED) is 0.840. The Morgan fingerprint density at radius 3 is 2.73 bits per heavy atom. The number of nitrogens with one attached hydrogen (secondary N) is 1. The molecule has 0 saturated heterocycles. The lowest BCUT2D eigenvalue weighted by Crippen LogP contribution is -2.26. The number of carbonyl (C=O) groups is 1. The summed E-state index contributed by atoms with van der Waals surface area (Å²) in [5.74, 6) is 0.0649. The number of hydrogen-bond acceptors (Lipinski definition) is 1. The van der Waals surface area contributed by atoms with Crippen LogP contribution in [0.4, 0.5) is 0 Å². The zero-order valence-electron chi connectivity index (χ0n) is 8.47. The molecule has 4 heteroatoms. The van der Waals surface area contributed by atoms with E-state index in [0.717, 1.165) is 10.0 Å². The van der Waals surface area contributed by atoms with Crippen LogP contribution in [0.2, 0.25) is 0 Å². The summed E-state index contributed by atoms with van der Waals surface area (Å²) in [6, 6.07) is 7.94. The van der Waals surface area contributed by atoms with Gasteiger partial charge in [-0.25, -0.2) is 0 Å². The van der Waals surface area contributed by atoms with Crippen molar-refractivity contribution in [3.63, 3.8) is 0 Å². The van der Waals surface area contributed by atoms with Gasteiger partial charge in [0.15, 0.2) is 0 Å². The van der Waals surface area contributed by atoms with Gasteiger partial charge in [0.1, 0.15) is 0 Å². The Morgan fingerprint density at radius 2 is 2.13 bits per heavy atom. The maximum atomic E-state index is 11.4. The molecule has 0 aliphatic carbocycles. The number of halogens is 2. The highest BCUT2D eigenvalue weighted by Crippen LogP contribution is 2.22. The third-order valence-electron chi connectivity index (χ3n) is 2.07. The van der Waals surface area contributed by atoms with Gasteiger partial charge in [-0.15, -0.1) is 0 Å². The van der Waals surface area contributed by atoms with Gasteiger partial charge in [-0.3, -0.25) is 4.79 Å². The Bertz CT molecular complexity index is 341. The van der Waals surface area contributed by atoms with Crippen LogP contribution in [0.1, 0.15) is 24.9 Å². The molecule has 1 aromatic rings. The number of rotatable bonds is 4. The highest BCUT2D eigenvalue weighted by atomic mass is 79.9. The van der Waals surface area contributed by atoms with Crippen molar-refractivity contribution < 1.29 is 4.79 Å². The summed E-state index contributed by atoms with van der Waals surface area (Å²) in [6.45, 7) is 1.98. The van der Waals surface area contributed by atoms with Crippen LogP contribution in [0.5, 0.6) is 0 Å². The molecule has 0 saturated carbocycles. The van der Waals surface area contributed by atoms with Crippen LogP contribution >= 0.6 is 31.9 Å². The smallest absolute Gasteiger partial charge is 0.221 e. The van der Waals surface area contributed by atoms with E-state index in [0.29, 0.717) is 11.8 Å². The highest BCUT2D eigenvalue weighted by molar-refractivity contribution is 9.10. The van der Waals surface area contributed by atoms with Gasteiger partial charge in [0.25, 0.3) is 0 Å². The molecule has 0 aliphatic rings. The fourth-order valence-corrected chi connectivity index (χ4v) is 2.29. The Kier molecular flexibility index (Phi) is 5.32. The first-order valence-corrected chi connectivity index (χ1v) is 6.66. The molecule has 82 valence electrons. The van der Waals surface area contributed by atoms with E-state index in [4.69, 9.17) is 0 Å². The van der Waals surface area contributed by atoms with Crippen molar-refractivity contribution in [1.82, 2.24) is 5.32 Å². The summed E-state index contributed by atoms with van der Waals surface area (Å²) in [5, 5.41) is 3.63. The van der Waals surface area contributed by atoms with E-state index >= 15 is 0 Å². The van der Waals surface area contributed by atoms with Crippen molar-refractivity contribution in [1.29, 1.82) is 0 Å². The molecule has 2 nitrogen and oxygen atoms in total. The van der Waals surface area contributed by atoms with Gasteiger partial charge in [0, 0.05) is 16.2 Å². The molecule has 1 unspecified atom stereocenters. The minimum atomic E-state index is 0.0344. The topological polar surface area (TPSA) is 29.1 Å². The maximum absolute atomic E-state index is 11.4. The number of alkyl halides is 1. The lowest BCUT2D eigenvalue weighted by molar-refractivity contribution is -0.121. The first kappa shape index (κ1) is 12.7. The van der Waals surface area contributed by atoms with Crippen LogP contribution in [0.3, 0.4) is 0 Å². The molecular weight excluding hydrogens is 322 g/mol. The molecule has 0 heterocycles. The van der Waals surface area contributed by atoms with Crippen molar-refractivity contribution in [2.75, 3.05) is 5.33 Å². The molecule has 1 rings (SSSR count). The average Bonchev–Trinajstić information content (AvgIpc) is 2.18. The minimum Gasteiger partial charge on any atom is -0.350 e. The fourth-order valence-electron chi connectivity index (χ4n) is 1.30. The van der Waals surface area contributed by atoms with Gasteiger partial charge >= 0.3 is 0 Å². The zero-order chi connectivity index (χ0) is 11.3. The van der Waals surface area contributed by atoms with Crippen molar-refractivity contribution >= 4 is 37.8 Å². The standard InChI is InChI=1S/C11H13Br2NO/c1-8(14-11(15)6-7-12)9-4-2-3-5-10(9)13/h2-5,8H,6-7H2,1H3,(H,14,15). The van der Waals surface area contributed by atoms with E-state index in [2.05, 4.69) is 37.2 Å². The molecule has 0 aromatic heterocycles. The summed E-state index contributed by atoms with van der Waals surface area (Å²) in [5.41, 5.74) is 1.10. The van der Waals surface area contributed by atoms with Crippen molar-refractivity contribution in [2.24, 2.45) is 0 Å². The number of amides is 1. The molecule has 0 radical (unpaired) electrons. The summed E-state index contributed by atoms with van der Waals surface area (Å²) >= 11 is 6.71. The van der Waals surface area contributed by atoms with E-state index in [1.807, 2.05) is 31.2 Å². The average molecular weight is 335 g/mol. The van der Waals surface area contributed by atoms with Gasteiger partial charge in [-0.1, -0.05) is 50.1 Å². The van der Waals surface area contributed by atoms with Crippen molar-refractivity contribution in [2.45, 2.75) is 19.4 Å². The molecular formula is C11H13Br2NO. The first-order valence-electron chi connectivity index (χ1n) is 4.75. The van der Waals surface area contributed by atoms with Gasteiger partial charge in [0.05, 0.1) is 6.04 Å². The first-order chi connectivity index (χ1) is 7.15. The van der Waals surface area contributed by atoms with Crippen LogP contribution in [0, 0.1) is 0 Å². The second-order valence-corrected chi connectivity index (χ2v) is 4.90. The monoisotopic (exact) mass is 333 g/mol. The SMILES string of the molecule is CC(NC(=O)CCBr)c1ccccc1Br. The van der Waals surface area contributed by atoms with Crippen LogP contribution < -0.4 is 5.32 Å². The van der Waals surface area contributed by atoms with Crippen LogP contribution in [-0.4, -0.2) is 11.2 Å². The van der Waals surface area contributed by atoms with Crippen LogP contribution in [0.15, 0.2) is 28.7 Å². The van der Waals surface area contributed by atoms with Gasteiger partial charge in [0.2, 0.25) is 5.91 Å². The molecule has 0 bridgehead atoms. The van der Waals surface area contributed by atoms with Crippen LogP contribution in [0.25, 0.3) is 0 Å². The summed E-state index contributed by atoms with van der Waals surface area (Å²) in [7, 11) is 0. The molecule has 1 N–H and O–H groups in total. The highest BCUT2D eigenvalue weighted by Gasteiger charge is 2.10. The summed E-state index contributed by atoms with van der Waals surface area (Å²) in [6.07, 6.45) is 0.509. The third-order valence-corrected chi connectivity index (χ3v) is 3.19. The maximum Gasteiger partial charge on any atom is 0.221 e. The Labute approximate surface area is 107 Å². The van der Waals surface area contributed by atoms with Crippen molar-refractivity contribution in [3.8, 4) is 0 Å². The zero-order valence-corrected chi connectivity index (χ0v) is 11.6. The fraction of sp³-hybridized carbons (Fsp3) is 0.364. The molecule has 1 amide bonds. The third kappa shape index (κ3) is 3.95. The van der Waals surface area contributed by atoms with E-state index in [1.54, 1.807) is 0 Å². The van der Waals surface area contributed by atoms with E-state index < -0.39 is 0 Å². The van der Waals surface area contributed by atoms with E-state index in [1.165, 1.54) is 0 Å². The van der Waals surface area contributed by atoms with E-state index in [9.17, 15) is 4.79 Å². The van der Waals surface area contributed by atoms with Crippen molar-refractivity contribution in [3.05, 3.63) is 34.3 Å². The van der Waals surface area contributed by atoms with Gasteiger partial charge < -0.3 is 5.32 Å². The minimum absolute atomic E-state index is 0.0344. The predicted octanol–water partition coefficient (Wildman–Crippen LogP) is 3.41. The number of benzene rings is 1. The van der Waals surface area contributed by atoms with Crippen LogP contribution in [-0.2, 0) is 4.79 Å².